The minimum Gasteiger partial charge on any atom is -0.371 e. The van der Waals surface area contributed by atoms with E-state index in [1.807, 2.05) is 24.3 Å². The van der Waals surface area contributed by atoms with Crippen LogP contribution in [0.5, 0.6) is 0 Å². The first-order valence-corrected chi connectivity index (χ1v) is 11.8. The van der Waals surface area contributed by atoms with Crippen LogP contribution in [-0.2, 0) is 11.2 Å². The van der Waals surface area contributed by atoms with Gasteiger partial charge in [0.15, 0.2) is 5.65 Å². The second-order valence-electron chi connectivity index (χ2n) is 8.75. The summed E-state index contributed by atoms with van der Waals surface area (Å²) in [7, 11) is 0. The number of rotatable bonds is 7. The predicted octanol–water partition coefficient (Wildman–Crippen LogP) is 2.98. The zero-order valence-electron chi connectivity index (χ0n) is 19.1. The van der Waals surface area contributed by atoms with Crippen molar-refractivity contribution in [2.75, 3.05) is 44.7 Å². The lowest BCUT2D eigenvalue weighted by atomic mass is 9.97. The van der Waals surface area contributed by atoms with E-state index in [0.717, 1.165) is 85.9 Å². The molecule has 0 spiro atoms. The highest BCUT2D eigenvalue weighted by molar-refractivity contribution is 5.86. The Balaban J connectivity index is 1.56. The van der Waals surface area contributed by atoms with E-state index in [2.05, 4.69) is 53.0 Å². The van der Waals surface area contributed by atoms with Gasteiger partial charge in [0.25, 0.3) is 0 Å². The summed E-state index contributed by atoms with van der Waals surface area (Å²) < 4.78 is 7.64. The van der Waals surface area contributed by atoms with Crippen molar-refractivity contribution in [2.45, 2.75) is 19.8 Å². The molecule has 168 valence electrons. The molecular formula is C27H30N5O+. The van der Waals surface area contributed by atoms with Crippen molar-refractivity contribution in [1.29, 1.82) is 5.26 Å². The second kappa shape index (κ2) is 9.62. The van der Waals surface area contributed by atoms with Crippen LogP contribution in [0.25, 0.3) is 16.7 Å². The highest BCUT2D eigenvalue weighted by Gasteiger charge is 2.21. The molecule has 5 rings (SSSR count). The molecule has 1 aliphatic heterocycles. The van der Waals surface area contributed by atoms with E-state index in [1.54, 1.807) is 4.90 Å². The molecular weight excluding hydrogens is 410 g/mol. The number of morpholine rings is 1. The van der Waals surface area contributed by atoms with Gasteiger partial charge in [-0.2, -0.15) is 5.26 Å². The lowest BCUT2D eigenvalue weighted by Crippen LogP contribution is -3.14. The van der Waals surface area contributed by atoms with Crippen molar-refractivity contribution in [1.82, 2.24) is 9.38 Å². The molecule has 0 unspecified atom stereocenters. The van der Waals surface area contributed by atoms with E-state index in [9.17, 15) is 5.26 Å². The molecule has 0 amide bonds. The monoisotopic (exact) mass is 440 g/mol. The van der Waals surface area contributed by atoms with Gasteiger partial charge in [-0.25, -0.2) is 4.98 Å². The van der Waals surface area contributed by atoms with E-state index in [1.165, 1.54) is 5.56 Å². The van der Waals surface area contributed by atoms with Crippen LogP contribution in [0.1, 0.15) is 28.7 Å². The van der Waals surface area contributed by atoms with Gasteiger partial charge in [0, 0.05) is 24.9 Å². The number of ether oxygens (including phenoxy) is 1. The average molecular weight is 441 g/mol. The lowest BCUT2D eigenvalue weighted by Gasteiger charge is -2.24. The maximum absolute atomic E-state index is 10.0. The summed E-state index contributed by atoms with van der Waals surface area (Å²) >= 11 is 0. The zero-order valence-corrected chi connectivity index (χ0v) is 19.1. The molecule has 6 heteroatoms. The lowest BCUT2D eigenvalue weighted by molar-refractivity contribution is -0.908. The van der Waals surface area contributed by atoms with Crippen molar-refractivity contribution in [3.05, 3.63) is 76.9 Å². The maximum Gasteiger partial charge on any atom is 0.157 e. The first-order valence-electron chi connectivity index (χ1n) is 11.8. The molecule has 2 aromatic heterocycles. The number of anilines is 1. The molecule has 3 heterocycles. The predicted molar refractivity (Wildman–Crippen MR) is 131 cm³/mol. The SMILES string of the molecule is Cc1c(Cc2ccccc2)c(NCCC[NH+]2CCOCC2)n2c(nc3ccccc32)c1C#N. The molecule has 0 saturated carbocycles. The van der Waals surface area contributed by atoms with E-state index >= 15 is 0 Å². The summed E-state index contributed by atoms with van der Waals surface area (Å²) in [6, 6.07) is 21.0. The summed E-state index contributed by atoms with van der Waals surface area (Å²) in [5, 5.41) is 13.8. The standard InChI is InChI=1S/C27H29N5O/c1-20-22(18-21-8-3-2-4-9-21)26(29-12-7-13-31-14-16-33-17-15-31)32-25-11-6-5-10-24(25)30-27(32)23(20)19-28/h2-6,8-11,29H,7,12-18H2,1H3/p+1. The van der Waals surface area contributed by atoms with Crippen LogP contribution in [0.15, 0.2) is 54.6 Å². The molecule has 0 atom stereocenters. The van der Waals surface area contributed by atoms with Gasteiger partial charge in [-0.3, -0.25) is 4.40 Å². The normalized spacial score (nSPS) is 14.5. The molecule has 0 radical (unpaired) electrons. The average Bonchev–Trinajstić information content (AvgIpc) is 3.24. The van der Waals surface area contributed by atoms with Crippen LogP contribution in [0.3, 0.4) is 0 Å². The van der Waals surface area contributed by atoms with E-state index in [0.29, 0.717) is 5.56 Å². The molecule has 4 aromatic rings. The van der Waals surface area contributed by atoms with Crippen LogP contribution >= 0.6 is 0 Å². The first kappa shape index (κ1) is 21.4. The Morgan fingerprint density at radius 2 is 1.85 bits per heavy atom. The topological polar surface area (TPSA) is 66.8 Å². The number of benzene rings is 2. The number of hydrogen-bond acceptors (Lipinski definition) is 4. The number of hydrogen-bond donors (Lipinski definition) is 2. The highest BCUT2D eigenvalue weighted by atomic mass is 16.5. The van der Waals surface area contributed by atoms with Gasteiger partial charge in [0.1, 0.15) is 25.0 Å². The highest BCUT2D eigenvalue weighted by Crippen LogP contribution is 2.32. The third-order valence-corrected chi connectivity index (χ3v) is 6.66. The molecule has 6 nitrogen and oxygen atoms in total. The van der Waals surface area contributed by atoms with Crippen LogP contribution in [0.4, 0.5) is 5.82 Å². The summed E-state index contributed by atoms with van der Waals surface area (Å²) in [5.41, 5.74) is 6.71. The fourth-order valence-electron chi connectivity index (χ4n) is 4.84. The van der Waals surface area contributed by atoms with Crippen molar-refractivity contribution >= 4 is 22.5 Å². The molecule has 1 aliphatic rings. The van der Waals surface area contributed by atoms with Gasteiger partial charge in [-0.05, 0) is 30.2 Å². The minimum absolute atomic E-state index is 0.653. The largest absolute Gasteiger partial charge is 0.371 e. The fraction of sp³-hybridized carbons (Fsp3) is 0.333. The van der Waals surface area contributed by atoms with Crippen LogP contribution < -0.4 is 10.2 Å². The molecule has 1 saturated heterocycles. The summed E-state index contributed by atoms with van der Waals surface area (Å²) in [6.45, 7) is 7.96. The molecule has 33 heavy (non-hydrogen) atoms. The Hall–Kier alpha value is -3.40. The number of nitrogens with one attached hydrogen (secondary N) is 2. The maximum atomic E-state index is 10.0. The van der Waals surface area contributed by atoms with Gasteiger partial charge >= 0.3 is 0 Å². The van der Waals surface area contributed by atoms with Gasteiger partial charge in [0.05, 0.1) is 36.4 Å². The third kappa shape index (κ3) is 4.30. The van der Waals surface area contributed by atoms with Crippen LogP contribution in [-0.4, -0.2) is 48.8 Å². The third-order valence-electron chi connectivity index (χ3n) is 6.66. The van der Waals surface area contributed by atoms with E-state index in [-0.39, 0.29) is 0 Å². The zero-order chi connectivity index (χ0) is 22.6. The number of para-hydroxylation sites is 2. The summed E-state index contributed by atoms with van der Waals surface area (Å²) in [6.07, 6.45) is 1.84. The summed E-state index contributed by atoms with van der Waals surface area (Å²) in [5.74, 6) is 1.05. The Morgan fingerprint density at radius 3 is 2.64 bits per heavy atom. The number of aromatic nitrogens is 2. The van der Waals surface area contributed by atoms with Crippen molar-refractivity contribution in [3.8, 4) is 6.07 Å². The van der Waals surface area contributed by atoms with Gasteiger partial charge in [-0.15, -0.1) is 0 Å². The van der Waals surface area contributed by atoms with Gasteiger partial charge < -0.3 is 15.0 Å². The fourth-order valence-corrected chi connectivity index (χ4v) is 4.84. The van der Waals surface area contributed by atoms with Crippen molar-refractivity contribution in [3.63, 3.8) is 0 Å². The van der Waals surface area contributed by atoms with Crippen molar-refractivity contribution in [2.24, 2.45) is 0 Å². The number of imidazole rings is 1. The molecule has 1 fully saturated rings. The smallest absolute Gasteiger partial charge is 0.157 e. The van der Waals surface area contributed by atoms with E-state index < -0.39 is 0 Å². The minimum atomic E-state index is 0.653. The first-order chi connectivity index (χ1) is 16.3. The van der Waals surface area contributed by atoms with Crippen LogP contribution in [0, 0.1) is 18.3 Å². The number of nitriles is 1. The number of quaternary nitrogens is 1. The Morgan fingerprint density at radius 1 is 1.09 bits per heavy atom. The van der Waals surface area contributed by atoms with Crippen LogP contribution in [0.2, 0.25) is 0 Å². The van der Waals surface area contributed by atoms with E-state index in [4.69, 9.17) is 9.72 Å². The molecule has 0 aliphatic carbocycles. The quantitative estimate of drug-likeness (QED) is 0.434. The molecule has 2 N–H and O–H groups in total. The van der Waals surface area contributed by atoms with Crippen molar-refractivity contribution < 1.29 is 9.64 Å². The Bertz CT molecular complexity index is 1300. The van der Waals surface area contributed by atoms with Gasteiger partial charge in [-0.1, -0.05) is 42.5 Å². The molecule has 2 aromatic carbocycles. The molecule has 0 bridgehead atoms. The number of nitrogens with zero attached hydrogens (tertiary/aromatic N) is 3. The van der Waals surface area contributed by atoms with Gasteiger partial charge in [0.2, 0.25) is 0 Å². The number of fused-ring (bicyclic) bond motifs is 3. The Labute approximate surface area is 194 Å². The summed E-state index contributed by atoms with van der Waals surface area (Å²) in [4.78, 5) is 6.45. The Kier molecular flexibility index (Phi) is 6.25. The number of pyridine rings is 1. The second-order valence-corrected chi connectivity index (χ2v) is 8.75.